The zero-order valence-electron chi connectivity index (χ0n) is 10.0. The van der Waals surface area contributed by atoms with E-state index in [4.69, 9.17) is 23.2 Å². The maximum atomic E-state index is 11.8. The number of rotatable bonds is 2. The standard InChI is InChI=1S/C12H8Cl2N4OS/c13-7-2-1-6(9(14)3-7)5-20-12-16-10-8(4-15-18-10)11(19)17-12/h1-4,10H,5H2,(H,16,17,19). The molecule has 5 nitrogen and oxygen atoms in total. The van der Waals surface area contributed by atoms with Crippen LogP contribution in [0, 0.1) is 0 Å². The van der Waals surface area contributed by atoms with E-state index in [0.29, 0.717) is 26.5 Å². The lowest BCUT2D eigenvalue weighted by Gasteiger charge is -2.17. The third kappa shape index (κ3) is 2.72. The number of nitrogens with zero attached hydrogens (tertiary/aromatic N) is 3. The van der Waals surface area contributed by atoms with Crippen molar-refractivity contribution in [1.82, 2.24) is 5.32 Å². The summed E-state index contributed by atoms with van der Waals surface area (Å²) in [5, 5.41) is 12.0. The number of amidine groups is 1. The summed E-state index contributed by atoms with van der Waals surface area (Å²) >= 11 is 13.3. The molecule has 3 rings (SSSR count). The van der Waals surface area contributed by atoms with Gasteiger partial charge in [0.25, 0.3) is 5.91 Å². The molecule has 102 valence electrons. The Hall–Kier alpha value is -1.37. The van der Waals surface area contributed by atoms with E-state index in [1.807, 2.05) is 6.07 Å². The number of carbonyl (C=O) groups is 1. The maximum Gasteiger partial charge on any atom is 0.258 e. The molecule has 0 radical (unpaired) electrons. The number of hydrogen-bond acceptors (Lipinski definition) is 5. The highest BCUT2D eigenvalue weighted by molar-refractivity contribution is 8.13. The van der Waals surface area contributed by atoms with E-state index in [2.05, 4.69) is 20.5 Å². The van der Waals surface area contributed by atoms with Gasteiger partial charge in [0.1, 0.15) is 0 Å². The molecule has 2 heterocycles. The van der Waals surface area contributed by atoms with Crippen molar-refractivity contribution >= 4 is 46.0 Å². The molecule has 0 saturated carbocycles. The van der Waals surface area contributed by atoms with Crippen molar-refractivity contribution in [2.75, 3.05) is 0 Å². The fourth-order valence-electron chi connectivity index (χ4n) is 1.73. The Bertz CT molecular complexity index is 671. The van der Waals surface area contributed by atoms with Gasteiger partial charge < -0.3 is 5.32 Å². The largest absolute Gasteiger partial charge is 0.301 e. The smallest absolute Gasteiger partial charge is 0.258 e. The van der Waals surface area contributed by atoms with Crippen LogP contribution in [0.5, 0.6) is 0 Å². The molecule has 1 aromatic rings. The monoisotopic (exact) mass is 326 g/mol. The summed E-state index contributed by atoms with van der Waals surface area (Å²) in [4.78, 5) is 16.1. The van der Waals surface area contributed by atoms with Crippen molar-refractivity contribution in [2.24, 2.45) is 15.2 Å². The zero-order valence-corrected chi connectivity index (χ0v) is 12.3. The van der Waals surface area contributed by atoms with Gasteiger partial charge in [-0.25, -0.2) is 4.99 Å². The summed E-state index contributed by atoms with van der Waals surface area (Å²) < 4.78 is 0. The Morgan fingerprint density at radius 3 is 3.00 bits per heavy atom. The molecule has 0 aromatic heterocycles. The molecule has 2 aliphatic rings. The molecule has 1 unspecified atom stereocenters. The summed E-state index contributed by atoms with van der Waals surface area (Å²) in [5.74, 6) is 0.373. The number of amides is 1. The third-order valence-corrected chi connectivity index (χ3v) is 4.28. The molecule has 0 spiro atoms. The van der Waals surface area contributed by atoms with Crippen LogP contribution in [0.4, 0.5) is 0 Å². The maximum absolute atomic E-state index is 11.8. The summed E-state index contributed by atoms with van der Waals surface area (Å²) in [6, 6.07) is 5.31. The van der Waals surface area contributed by atoms with Crippen LogP contribution >= 0.6 is 35.0 Å². The molecular weight excluding hydrogens is 319 g/mol. The SMILES string of the molecule is O=C1NC(SCc2ccc(Cl)cc2Cl)=NC2N=NC=C12. The average molecular weight is 327 g/mol. The lowest BCUT2D eigenvalue weighted by Crippen LogP contribution is -2.37. The molecular formula is C12H8Cl2N4OS. The number of halogens is 2. The number of aliphatic imine (C=N–C) groups is 1. The number of azo groups is 1. The molecule has 0 aliphatic carbocycles. The number of thioether (sulfide) groups is 1. The van der Waals surface area contributed by atoms with Crippen LogP contribution in [0.3, 0.4) is 0 Å². The van der Waals surface area contributed by atoms with E-state index >= 15 is 0 Å². The van der Waals surface area contributed by atoms with Gasteiger partial charge in [-0.1, -0.05) is 41.0 Å². The Kier molecular flexibility index (Phi) is 3.78. The van der Waals surface area contributed by atoms with Crippen molar-refractivity contribution in [3.05, 3.63) is 45.6 Å². The first-order chi connectivity index (χ1) is 9.63. The molecule has 2 aliphatic heterocycles. The normalized spacial score (nSPS) is 20.3. The Morgan fingerprint density at radius 1 is 1.35 bits per heavy atom. The van der Waals surface area contributed by atoms with Gasteiger partial charge in [0.2, 0.25) is 0 Å². The van der Waals surface area contributed by atoms with Crippen molar-refractivity contribution in [2.45, 2.75) is 11.9 Å². The lowest BCUT2D eigenvalue weighted by molar-refractivity contribution is -0.116. The van der Waals surface area contributed by atoms with E-state index in [1.54, 1.807) is 12.1 Å². The van der Waals surface area contributed by atoms with Gasteiger partial charge in [0.15, 0.2) is 11.3 Å². The first-order valence-electron chi connectivity index (χ1n) is 5.69. The molecule has 8 heteroatoms. The van der Waals surface area contributed by atoms with Gasteiger partial charge in [0.05, 0.1) is 11.8 Å². The first kappa shape index (κ1) is 13.6. The summed E-state index contributed by atoms with van der Waals surface area (Å²) in [6.07, 6.45) is 0.924. The molecule has 1 atom stereocenters. The molecule has 1 amide bonds. The van der Waals surface area contributed by atoms with Crippen LogP contribution < -0.4 is 5.32 Å². The summed E-state index contributed by atoms with van der Waals surface area (Å²) in [6.45, 7) is 0. The van der Waals surface area contributed by atoms with Gasteiger partial charge in [-0.2, -0.15) is 10.2 Å². The van der Waals surface area contributed by atoms with E-state index in [-0.39, 0.29) is 5.91 Å². The van der Waals surface area contributed by atoms with Crippen LogP contribution in [-0.4, -0.2) is 17.2 Å². The Balaban J connectivity index is 1.71. The second kappa shape index (κ2) is 5.55. The van der Waals surface area contributed by atoms with Gasteiger partial charge in [-0.15, -0.1) is 0 Å². The van der Waals surface area contributed by atoms with Crippen LogP contribution in [-0.2, 0) is 10.5 Å². The average Bonchev–Trinajstić information content (AvgIpc) is 2.86. The lowest BCUT2D eigenvalue weighted by atomic mass is 10.2. The van der Waals surface area contributed by atoms with Gasteiger partial charge in [-0.05, 0) is 17.7 Å². The van der Waals surface area contributed by atoms with Crippen LogP contribution in [0.2, 0.25) is 10.0 Å². The third-order valence-electron chi connectivity index (χ3n) is 2.75. The first-order valence-corrected chi connectivity index (χ1v) is 7.43. The molecule has 0 fully saturated rings. The highest BCUT2D eigenvalue weighted by atomic mass is 35.5. The number of hydrogen-bond donors (Lipinski definition) is 1. The molecule has 20 heavy (non-hydrogen) atoms. The van der Waals surface area contributed by atoms with Gasteiger partial charge in [-0.3, -0.25) is 4.79 Å². The predicted octanol–water partition coefficient (Wildman–Crippen LogP) is 3.39. The minimum absolute atomic E-state index is 0.209. The van der Waals surface area contributed by atoms with Crippen molar-refractivity contribution in [3.63, 3.8) is 0 Å². The molecule has 1 aromatic carbocycles. The number of carbonyl (C=O) groups excluding carboxylic acids is 1. The molecule has 0 bridgehead atoms. The second-order valence-electron chi connectivity index (χ2n) is 4.10. The van der Waals surface area contributed by atoms with Crippen LogP contribution in [0.25, 0.3) is 0 Å². The van der Waals surface area contributed by atoms with Gasteiger partial charge in [0, 0.05) is 15.8 Å². The number of fused-ring (bicyclic) bond motifs is 1. The Labute approximate surface area is 129 Å². The van der Waals surface area contributed by atoms with Crippen molar-refractivity contribution < 1.29 is 4.79 Å². The second-order valence-corrected chi connectivity index (χ2v) is 5.91. The molecule has 0 saturated heterocycles. The summed E-state index contributed by atoms with van der Waals surface area (Å²) in [7, 11) is 0. The predicted molar refractivity (Wildman–Crippen MR) is 80.1 cm³/mol. The zero-order chi connectivity index (χ0) is 14.1. The van der Waals surface area contributed by atoms with E-state index < -0.39 is 6.17 Å². The molecule has 1 N–H and O–H groups in total. The van der Waals surface area contributed by atoms with E-state index in [9.17, 15) is 4.79 Å². The number of nitrogens with one attached hydrogen (secondary N) is 1. The minimum Gasteiger partial charge on any atom is -0.301 e. The highest BCUT2D eigenvalue weighted by Crippen LogP contribution is 2.27. The van der Waals surface area contributed by atoms with E-state index in [1.165, 1.54) is 18.0 Å². The van der Waals surface area contributed by atoms with E-state index in [0.717, 1.165) is 5.56 Å². The van der Waals surface area contributed by atoms with Crippen LogP contribution in [0.15, 0.2) is 45.2 Å². The topological polar surface area (TPSA) is 66.2 Å². The fourth-order valence-corrected chi connectivity index (χ4v) is 3.17. The fraction of sp³-hybridized carbons (Fsp3) is 0.167. The van der Waals surface area contributed by atoms with Crippen molar-refractivity contribution in [1.29, 1.82) is 0 Å². The van der Waals surface area contributed by atoms with Crippen LogP contribution in [0.1, 0.15) is 5.56 Å². The minimum atomic E-state index is -0.507. The van der Waals surface area contributed by atoms with Crippen molar-refractivity contribution in [3.8, 4) is 0 Å². The van der Waals surface area contributed by atoms with Gasteiger partial charge >= 0.3 is 0 Å². The summed E-state index contributed by atoms with van der Waals surface area (Å²) in [5.41, 5.74) is 1.39. The Morgan fingerprint density at radius 2 is 2.20 bits per heavy atom. The quantitative estimate of drug-likeness (QED) is 0.905. The highest BCUT2D eigenvalue weighted by Gasteiger charge is 2.29. The number of benzene rings is 1.